The summed E-state index contributed by atoms with van der Waals surface area (Å²) in [5.74, 6) is -4.58. The molecule has 0 rings (SSSR count). The predicted molar refractivity (Wildman–Crippen MR) is 86.9 cm³/mol. The molecule has 0 amide bonds. The number of carbonyl (C=O) groups excluding carboxylic acids is 2. The third kappa shape index (κ3) is 10.3. The summed E-state index contributed by atoms with van der Waals surface area (Å²) in [7, 11) is 0. The predicted octanol–water partition coefficient (Wildman–Crippen LogP) is 0.946. The van der Waals surface area contributed by atoms with Crippen molar-refractivity contribution in [2.75, 3.05) is 0 Å². The molecule has 0 saturated carbocycles. The van der Waals surface area contributed by atoms with E-state index in [4.69, 9.17) is 14.6 Å². The van der Waals surface area contributed by atoms with Gasteiger partial charge in [-0.3, -0.25) is 14.9 Å². The minimum Gasteiger partial charge on any atom is -0.481 e. The van der Waals surface area contributed by atoms with Gasteiger partial charge in [-0.1, -0.05) is 0 Å². The molecule has 144 valence electrons. The van der Waals surface area contributed by atoms with Crippen molar-refractivity contribution in [2.24, 2.45) is 0 Å². The maximum absolute atomic E-state index is 12.3. The summed E-state index contributed by atoms with van der Waals surface area (Å²) >= 11 is 0. The minimum absolute atomic E-state index is 0.313. The zero-order chi connectivity index (χ0) is 20.0. The molecule has 0 heterocycles. The molecule has 0 aromatic rings. The fourth-order valence-corrected chi connectivity index (χ4v) is 1.70. The Hall–Kier alpha value is -2.16. The fourth-order valence-electron chi connectivity index (χ4n) is 1.70. The third-order valence-electron chi connectivity index (χ3n) is 2.60. The number of rotatable bonds is 8. The molecule has 25 heavy (non-hydrogen) atoms. The zero-order valence-electron chi connectivity index (χ0n) is 15.4. The molecule has 9 heteroatoms. The van der Waals surface area contributed by atoms with E-state index in [-0.39, 0.29) is 6.42 Å². The Morgan fingerprint density at radius 2 is 1.28 bits per heavy atom. The van der Waals surface area contributed by atoms with Gasteiger partial charge in [-0.2, -0.15) is 0 Å². The number of aliphatic carboxylic acids is 2. The summed E-state index contributed by atoms with van der Waals surface area (Å²) in [5.41, 5.74) is -1.81. The van der Waals surface area contributed by atoms with E-state index in [1.165, 1.54) is 0 Å². The average molecular weight is 361 g/mol. The summed E-state index contributed by atoms with van der Waals surface area (Å²) in [6, 6.07) is -3.12. The summed E-state index contributed by atoms with van der Waals surface area (Å²) in [5, 5.41) is 20.2. The van der Waals surface area contributed by atoms with E-state index in [1.54, 1.807) is 41.5 Å². The summed E-state index contributed by atoms with van der Waals surface area (Å²) in [6.45, 7) is 9.56. The topological polar surface area (TPSA) is 139 Å². The first kappa shape index (κ1) is 22.8. The molecular formula is C16H27NO8. The van der Waals surface area contributed by atoms with Gasteiger partial charge in [0.1, 0.15) is 17.2 Å². The molecule has 9 nitrogen and oxygen atoms in total. The van der Waals surface area contributed by atoms with Crippen molar-refractivity contribution in [3.8, 4) is 0 Å². The van der Waals surface area contributed by atoms with Crippen molar-refractivity contribution in [1.29, 1.82) is 0 Å². The average Bonchev–Trinajstić information content (AvgIpc) is 2.33. The van der Waals surface area contributed by atoms with Crippen LogP contribution in [0.3, 0.4) is 0 Å². The molecule has 0 radical (unpaired) electrons. The zero-order valence-corrected chi connectivity index (χ0v) is 15.4. The van der Waals surface area contributed by atoms with Gasteiger partial charge in [0.15, 0.2) is 0 Å². The molecule has 1 atom stereocenters. The highest BCUT2D eigenvalue weighted by atomic mass is 16.6. The molecule has 0 spiro atoms. The second kappa shape index (κ2) is 8.80. The van der Waals surface area contributed by atoms with Gasteiger partial charge in [0, 0.05) is 6.42 Å². The molecule has 0 fully saturated rings. The first-order valence-corrected chi connectivity index (χ1v) is 7.79. The van der Waals surface area contributed by atoms with Crippen LogP contribution in [0.5, 0.6) is 0 Å². The number of carbonyl (C=O) groups is 4. The van der Waals surface area contributed by atoms with E-state index >= 15 is 0 Å². The van der Waals surface area contributed by atoms with Crippen LogP contribution in [-0.2, 0) is 28.7 Å². The fraction of sp³-hybridized carbons (Fsp3) is 0.750. The molecule has 0 bridgehead atoms. The standard InChI is InChI=1S/C16H27NO8/c1-15(2,3)24-13(22)11(14(23)25-16(4,5)6)17-9(12(20)21)7-8-10(18)19/h9,11,17H,7-8H2,1-6H3,(H,18,19)(H,20,21). The van der Waals surface area contributed by atoms with Crippen molar-refractivity contribution in [3.63, 3.8) is 0 Å². The normalized spacial score (nSPS) is 13.2. The van der Waals surface area contributed by atoms with Crippen molar-refractivity contribution in [2.45, 2.75) is 77.7 Å². The second-order valence-corrected chi connectivity index (χ2v) is 7.49. The number of hydrogen-bond acceptors (Lipinski definition) is 7. The first-order valence-electron chi connectivity index (χ1n) is 7.79. The Kier molecular flexibility index (Phi) is 8.04. The second-order valence-electron chi connectivity index (χ2n) is 7.49. The van der Waals surface area contributed by atoms with Gasteiger partial charge in [-0.05, 0) is 48.0 Å². The number of esters is 2. The van der Waals surface area contributed by atoms with Crippen LogP contribution in [0.15, 0.2) is 0 Å². The van der Waals surface area contributed by atoms with E-state index in [1.807, 2.05) is 0 Å². The van der Waals surface area contributed by atoms with Crippen LogP contribution in [0, 0.1) is 0 Å². The lowest BCUT2D eigenvalue weighted by molar-refractivity contribution is -0.171. The van der Waals surface area contributed by atoms with Crippen molar-refractivity contribution < 1.29 is 38.9 Å². The van der Waals surface area contributed by atoms with E-state index in [9.17, 15) is 24.3 Å². The quantitative estimate of drug-likeness (QED) is 0.426. The maximum Gasteiger partial charge on any atom is 0.335 e. The molecule has 1 unspecified atom stereocenters. The number of nitrogens with one attached hydrogen (secondary N) is 1. The van der Waals surface area contributed by atoms with E-state index in [0.29, 0.717) is 0 Å². The Morgan fingerprint density at radius 1 is 0.880 bits per heavy atom. The molecule has 0 aliphatic rings. The molecule has 3 N–H and O–H groups in total. The van der Waals surface area contributed by atoms with Gasteiger partial charge in [0.2, 0.25) is 6.04 Å². The monoisotopic (exact) mass is 361 g/mol. The SMILES string of the molecule is CC(C)(C)OC(=O)C(NC(CCC(=O)O)C(=O)O)C(=O)OC(C)(C)C. The van der Waals surface area contributed by atoms with Crippen LogP contribution in [0.25, 0.3) is 0 Å². The highest BCUT2D eigenvalue weighted by Gasteiger charge is 2.37. The Balaban J connectivity index is 5.40. The van der Waals surface area contributed by atoms with Crippen LogP contribution in [-0.4, -0.2) is 57.4 Å². The Morgan fingerprint density at radius 3 is 1.56 bits per heavy atom. The summed E-state index contributed by atoms with van der Waals surface area (Å²) in [4.78, 5) is 46.5. The number of carboxylic acids is 2. The van der Waals surface area contributed by atoms with Gasteiger partial charge >= 0.3 is 23.9 Å². The molecule has 0 aliphatic carbocycles. The third-order valence-corrected chi connectivity index (χ3v) is 2.60. The van der Waals surface area contributed by atoms with Crippen LogP contribution in [0.4, 0.5) is 0 Å². The summed E-state index contributed by atoms with van der Waals surface area (Å²) in [6.07, 6.45) is -0.758. The van der Waals surface area contributed by atoms with Crippen molar-refractivity contribution >= 4 is 23.9 Å². The number of carboxylic acid groups (broad SMARTS) is 2. The van der Waals surface area contributed by atoms with Gasteiger partial charge in [0.05, 0.1) is 0 Å². The van der Waals surface area contributed by atoms with Gasteiger partial charge in [-0.25, -0.2) is 9.59 Å². The van der Waals surface area contributed by atoms with Gasteiger partial charge < -0.3 is 19.7 Å². The van der Waals surface area contributed by atoms with Crippen LogP contribution >= 0.6 is 0 Å². The van der Waals surface area contributed by atoms with Gasteiger partial charge in [0.25, 0.3) is 0 Å². The minimum atomic E-state index is -1.69. The van der Waals surface area contributed by atoms with Crippen LogP contribution in [0.1, 0.15) is 54.4 Å². The van der Waals surface area contributed by atoms with Gasteiger partial charge in [-0.15, -0.1) is 0 Å². The van der Waals surface area contributed by atoms with Crippen molar-refractivity contribution in [3.05, 3.63) is 0 Å². The van der Waals surface area contributed by atoms with Crippen molar-refractivity contribution in [1.82, 2.24) is 5.32 Å². The van der Waals surface area contributed by atoms with Crippen LogP contribution in [0.2, 0.25) is 0 Å². The lowest BCUT2D eigenvalue weighted by Crippen LogP contribution is -2.54. The van der Waals surface area contributed by atoms with Crippen LogP contribution < -0.4 is 5.32 Å². The lowest BCUT2D eigenvalue weighted by Gasteiger charge is -2.28. The first-order chi connectivity index (χ1) is 11.1. The number of hydrogen-bond donors (Lipinski definition) is 3. The highest BCUT2D eigenvalue weighted by Crippen LogP contribution is 2.14. The van der Waals surface area contributed by atoms with E-state index < -0.39 is 53.6 Å². The van der Waals surface area contributed by atoms with E-state index in [0.717, 1.165) is 0 Å². The highest BCUT2D eigenvalue weighted by molar-refractivity contribution is 6.00. The molecule has 0 saturated heterocycles. The maximum atomic E-state index is 12.3. The molecular weight excluding hydrogens is 334 g/mol. The largest absolute Gasteiger partial charge is 0.481 e. The Labute approximate surface area is 146 Å². The smallest absolute Gasteiger partial charge is 0.335 e. The lowest BCUT2D eigenvalue weighted by atomic mass is 10.1. The number of ether oxygens (including phenoxy) is 2. The molecule has 0 aliphatic heterocycles. The molecule has 0 aromatic heterocycles. The molecule has 0 aromatic carbocycles. The van der Waals surface area contributed by atoms with E-state index in [2.05, 4.69) is 5.32 Å². The summed E-state index contributed by atoms with van der Waals surface area (Å²) < 4.78 is 10.3. The Bertz CT molecular complexity index is 487.